The summed E-state index contributed by atoms with van der Waals surface area (Å²) in [5.74, 6) is 0.190. The number of alkyl halides is 3. The lowest BCUT2D eigenvalue weighted by Crippen LogP contribution is -2.13. The monoisotopic (exact) mass is 367 g/mol. The third-order valence-electron chi connectivity index (χ3n) is 4.17. The van der Waals surface area contributed by atoms with Crippen molar-refractivity contribution in [3.8, 4) is 6.07 Å². The first-order valence-corrected chi connectivity index (χ1v) is 8.04. The number of benzene rings is 1. The van der Waals surface area contributed by atoms with Crippen molar-refractivity contribution in [2.45, 2.75) is 12.7 Å². The van der Waals surface area contributed by atoms with Crippen molar-refractivity contribution in [2.24, 2.45) is 0 Å². The maximum Gasteiger partial charge on any atom is 0.417 e. The van der Waals surface area contributed by atoms with Crippen LogP contribution in [0, 0.1) is 11.3 Å². The first kappa shape index (κ1) is 16.8. The topological polar surface area (TPSA) is 66.0 Å². The van der Waals surface area contributed by atoms with Crippen LogP contribution in [0.2, 0.25) is 0 Å². The summed E-state index contributed by atoms with van der Waals surface area (Å²) in [5.41, 5.74) is 0.249. The molecule has 0 aliphatic heterocycles. The molecule has 1 N–H and O–H groups in total. The van der Waals surface area contributed by atoms with Crippen LogP contribution < -0.4 is 5.32 Å². The number of rotatable bonds is 3. The molecule has 0 unspecified atom stereocenters. The van der Waals surface area contributed by atoms with E-state index in [2.05, 4.69) is 15.3 Å². The summed E-state index contributed by atoms with van der Waals surface area (Å²) in [5, 5.41) is 12.4. The Hall–Kier alpha value is -3.60. The number of nitrogens with one attached hydrogen (secondary N) is 1. The number of nitriles is 1. The number of imidazole rings is 1. The van der Waals surface area contributed by atoms with E-state index in [0.717, 1.165) is 6.07 Å². The van der Waals surface area contributed by atoms with Crippen LogP contribution in [0.1, 0.15) is 16.8 Å². The summed E-state index contributed by atoms with van der Waals surface area (Å²) in [6.45, 7) is 0.228. The van der Waals surface area contributed by atoms with Gasteiger partial charge in [0.15, 0.2) is 5.65 Å². The Morgan fingerprint density at radius 3 is 2.59 bits per heavy atom. The number of nitrogens with zero attached hydrogens (tertiary/aromatic N) is 4. The Bertz CT molecular complexity index is 1170. The van der Waals surface area contributed by atoms with Gasteiger partial charge in [0, 0.05) is 6.20 Å². The highest BCUT2D eigenvalue weighted by Crippen LogP contribution is 2.37. The molecular formula is C19H12F3N5. The molecule has 27 heavy (non-hydrogen) atoms. The number of anilines is 1. The fourth-order valence-corrected chi connectivity index (χ4v) is 2.98. The van der Waals surface area contributed by atoms with Crippen molar-refractivity contribution in [3.05, 3.63) is 71.5 Å². The number of aromatic nitrogens is 3. The molecule has 0 aliphatic rings. The number of hydrogen-bond acceptors (Lipinski definition) is 4. The van der Waals surface area contributed by atoms with Crippen LogP contribution >= 0.6 is 0 Å². The fourth-order valence-electron chi connectivity index (χ4n) is 2.98. The summed E-state index contributed by atoms with van der Waals surface area (Å²) in [4.78, 5) is 8.43. The number of halogens is 3. The van der Waals surface area contributed by atoms with E-state index in [-0.39, 0.29) is 18.0 Å². The predicted octanol–water partition coefficient (Wildman–Crippen LogP) is 4.39. The van der Waals surface area contributed by atoms with Crippen LogP contribution in [-0.4, -0.2) is 14.4 Å². The Kier molecular flexibility index (Phi) is 3.92. The molecule has 0 saturated heterocycles. The third kappa shape index (κ3) is 2.93. The Balaban J connectivity index is 1.96. The molecule has 0 spiro atoms. The van der Waals surface area contributed by atoms with E-state index in [1.165, 1.54) is 4.40 Å². The number of pyridine rings is 2. The van der Waals surface area contributed by atoms with Crippen molar-refractivity contribution in [3.63, 3.8) is 0 Å². The summed E-state index contributed by atoms with van der Waals surface area (Å²) in [7, 11) is 0. The normalized spacial score (nSPS) is 11.6. The van der Waals surface area contributed by atoms with Gasteiger partial charge in [-0.25, -0.2) is 4.98 Å². The maximum atomic E-state index is 13.5. The molecule has 0 fully saturated rings. The number of hydrogen-bond donors (Lipinski definition) is 1. The van der Waals surface area contributed by atoms with Crippen LogP contribution in [0.5, 0.6) is 0 Å². The van der Waals surface area contributed by atoms with Crippen molar-refractivity contribution >= 4 is 22.5 Å². The zero-order chi connectivity index (χ0) is 19.0. The highest BCUT2D eigenvalue weighted by atomic mass is 19.4. The average Bonchev–Trinajstić information content (AvgIpc) is 3.05. The summed E-state index contributed by atoms with van der Waals surface area (Å²) in [6.07, 6.45) is -3.06. The van der Waals surface area contributed by atoms with Crippen molar-refractivity contribution < 1.29 is 13.2 Å². The van der Waals surface area contributed by atoms with Crippen LogP contribution in [0.25, 0.3) is 16.7 Å². The molecule has 0 aliphatic carbocycles. The zero-order valence-corrected chi connectivity index (χ0v) is 13.8. The lowest BCUT2D eigenvalue weighted by atomic mass is 10.1. The molecule has 3 heterocycles. The SMILES string of the molecule is N#Cc1c(C(F)(F)F)cc(NCc2ccccn2)n2c1nc1ccccc12. The first-order valence-electron chi connectivity index (χ1n) is 8.04. The second-order valence-electron chi connectivity index (χ2n) is 5.86. The van der Waals surface area contributed by atoms with Gasteiger partial charge in [-0.3, -0.25) is 9.38 Å². The van der Waals surface area contributed by atoms with Crippen LogP contribution in [0.15, 0.2) is 54.7 Å². The second-order valence-corrected chi connectivity index (χ2v) is 5.86. The zero-order valence-electron chi connectivity index (χ0n) is 13.8. The summed E-state index contributed by atoms with van der Waals surface area (Å²) in [6, 6.07) is 14.9. The van der Waals surface area contributed by atoms with Crippen molar-refractivity contribution in [1.82, 2.24) is 14.4 Å². The number of para-hydroxylation sites is 2. The minimum Gasteiger partial charge on any atom is -0.365 e. The average molecular weight is 367 g/mol. The van der Waals surface area contributed by atoms with Gasteiger partial charge in [-0.15, -0.1) is 0 Å². The van der Waals surface area contributed by atoms with Gasteiger partial charge in [0.1, 0.15) is 17.5 Å². The van der Waals surface area contributed by atoms with E-state index in [9.17, 15) is 18.4 Å². The molecule has 8 heteroatoms. The van der Waals surface area contributed by atoms with Crippen molar-refractivity contribution in [1.29, 1.82) is 5.26 Å². The molecule has 4 rings (SSSR count). The standard InChI is InChI=1S/C19H12F3N5/c20-19(21,22)14-9-17(25-11-12-5-3-4-8-24-12)27-16-7-2-1-6-15(16)26-18(27)13(14)10-23/h1-9,25H,11H2. The van der Waals surface area contributed by atoms with Crippen LogP contribution in [0.3, 0.4) is 0 Å². The van der Waals surface area contributed by atoms with Gasteiger partial charge < -0.3 is 5.32 Å². The van der Waals surface area contributed by atoms with Crippen LogP contribution in [-0.2, 0) is 12.7 Å². The molecule has 0 bridgehead atoms. The molecule has 5 nitrogen and oxygen atoms in total. The highest BCUT2D eigenvalue weighted by Gasteiger charge is 2.36. The largest absolute Gasteiger partial charge is 0.417 e. The molecule has 3 aromatic heterocycles. The summed E-state index contributed by atoms with van der Waals surface area (Å²) >= 11 is 0. The van der Waals surface area contributed by atoms with E-state index in [0.29, 0.717) is 16.7 Å². The lowest BCUT2D eigenvalue weighted by Gasteiger charge is -2.15. The van der Waals surface area contributed by atoms with Gasteiger partial charge in [0.25, 0.3) is 0 Å². The molecule has 0 saturated carbocycles. The number of fused-ring (bicyclic) bond motifs is 3. The smallest absolute Gasteiger partial charge is 0.365 e. The molecule has 4 aromatic rings. The highest BCUT2D eigenvalue weighted by molar-refractivity contribution is 5.85. The second kappa shape index (κ2) is 6.29. The minimum absolute atomic E-state index is 0.0305. The molecule has 0 atom stereocenters. The quantitative estimate of drug-likeness (QED) is 0.583. The van der Waals surface area contributed by atoms with Gasteiger partial charge in [0.2, 0.25) is 0 Å². The maximum absolute atomic E-state index is 13.5. The van der Waals surface area contributed by atoms with E-state index in [1.807, 2.05) is 0 Å². The predicted molar refractivity (Wildman–Crippen MR) is 94.0 cm³/mol. The Morgan fingerprint density at radius 1 is 1.11 bits per heavy atom. The molecule has 0 radical (unpaired) electrons. The van der Waals surface area contributed by atoms with Gasteiger partial charge in [-0.1, -0.05) is 18.2 Å². The van der Waals surface area contributed by atoms with Crippen LogP contribution in [0.4, 0.5) is 19.0 Å². The Morgan fingerprint density at radius 2 is 1.89 bits per heavy atom. The molecule has 134 valence electrons. The minimum atomic E-state index is -4.67. The Labute approximate surface area is 151 Å². The van der Waals surface area contributed by atoms with Gasteiger partial charge in [0.05, 0.1) is 28.8 Å². The first-order chi connectivity index (χ1) is 13.0. The van der Waals surface area contributed by atoms with Gasteiger partial charge >= 0.3 is 6.18 Å². The molecule has 0 amide bonds. The van der Waals surface area contributed by atoms with E-state index in [1.54, 1.807) is 54.7 Å². The fraction of sp³-hybridized carbons (Fsp3) is 0.105. The van der Waals surface area contributed by atoms with Gasteiger partial charge in [-0.2, -0.15) is 18.4 Å². The van der Waals surface area contributed by atoms with Gasteiger partial charge in [-0.05, 0) is 30.3 Å². The lowest BCUT2D eigenvalue weighted by molar-refractivity contribution is -0.137. The third-order valence-corrected chi connectivity index (χ3v) is 4.17. The van der Waals surface area contributed by atoms with Crippen molar-refractivity contribution in [2.75, 3.05) is 5.32 Å². The molecule has 1 aromatic carbocycles. The van der Waals surface area contributed by atoms with E-state index >= 15 is 0 Å². The summed E-state index contributed by atoms with van der Waals surface area (Å²) < 4.78 is 42.1. The van der Waals surface area contributed by atoms with E-state index in [4.69, 9.17) is 0 Å². The molecular weight excluding hydrogens is 355 g/mol. The van der Waals surface area contributed by atoms with E-state index < -0.39 is 17.3 Å².